The van der Waals surface area contributed by atoms with Gasteiger partial charge in [-0.15, -0.1) is 0 Å². The number of anilines is 1. The Bertz CT molecular complexity index is 1090. The van der Waals surface area contributed by atoms with Crippen LogP contribution < -0.4 is 10.5 Å². The Kier molecular flexibility index (Phi) is 4.87. The quantitative estimate of drug-likeness (QED) is 0.695. The highest BCUT2D eigenvalue weighted by Gasteiger charge is 2.20. The van der Waals surface area contributed by atoms with Crippen molar-refractivity contribution in [1.82, 2.24) is 19.9 Å². The van der Waals surface area contributed by atoms with Gasteiger partial charge in [0.05, 0.1) is 23.1 Å². The van der Waals surface area contributed by atoms with Crippen molar-refractivity contribution < 1.29 is 9.18 Å². The summed E-state index contributed by atoms with van der Waals surface area (Å²) in [7, 11) is 0. The molecule has 0 aliphatic carbocycles. The number of halogens is 1. The summed E-state index contributed by atoms with van der Waals surface area (Å²) in [4.78, 5) is 37.5. The van der Waals surface area contributed by atoms with Crippen molar-refractivity contribution in [2.75, 3.05) is 31.1 Å². The molecular formula is C20H20FN5O2. The highest BCUT2D eigenvalue weighted by Crippen LogP contribution is 2.22. The van der Waals surface area contributed by atoms with Crippen LogP contribution >= 0.6 is 0 Å². The lowest BCUT2D eigenvalue weighted by atomic mass is 10.1. The second-order valence-corrected chi connectivity index (χ2v) is 6.90. The third kappa shape index (κ3) is 3.50. The van der Waals surface area contributed by atoms with Gasteiger partial charge in [-0.05, 0) is 25.1 Å². The minimum atomic E-state index is -0.422. The largest absolute Gasteiger partial charge is 0.368 e. The monoisotopic (exact) mass is 381 g/mol. The Labute approximate surface area is 160 Å². The van der Waals surface area contributed by atoms with Gasteiger partial charge in [-0.3, -0.25) is 14.5 Å². The molecular weight excluding hydrogens is 361 g/mol. The predicted molar refractivity (Wildman–Crippen MR) is 104 cm³/mol. The number of fused-ring (bicyclic) bond motifs is 1. The van der Waals surface area contributed by atoms with Crippen LogP contribution in [0.25, 0.3) is 11.0 Å². The van der Waals surface area contributed by atoms with Crippen LogP contribution in [0, 0.1) is 12.7 Å². The molecule has 2 aromatic heterocycles. The Morgan fingerprint density at radius 1 is 1.18 bits per heavy atom. The number of carbonyl (C=O) groups is 1. The van der Waals surface area contributed by atoms with Crippen LogP contribution in [0.3, 0.4) is 0 Å². The van der Waals surface area contributed by atoms with E-state index in [1.165, 1.54) is 0 Å². The number of pyridine rings is 1. The molecule has 4 rings (SSSR count). The van der Waals surface area contributed by atoms with Crippen molar-refractivity contribution in [3.63, 3.8) is 0 Å². The number of aldehydes is 1. The molecule has 28 heavy (non-hydrogen) atoms. The molecule has 1 aromatic carbocycles. The van der Waals surface area contributed by atoms with Crippen LogP contribution in [0.15, 0.2) is 35.3 Å². The van der Waals surface area contributed by atoms with Gasteiger partial charge < -0.3 is 9.88 Å². The number of aromatic nitrogens is 3. The second-order valence-electron chi connectivity index (χ2n) is 6.90. The molecule has 144 valence electrons. The molecule has 0 amide bonds. The number of piperazine rings is 1. The van der Waals surface area contributed by atoms with Crippen molar-refractivity contribution in [3.05, 3.63) is 63.6 Å². The lowest BCUT2D eigenvalue weighted by Crippen LogP contribution is -2.46. The fraction of sp³-hybridized carbons (Fsp3) is 0.300. The lowest BCUT2D eigenvalue weighted by Gasteiger charge is -2.36. The third-order valence-corrected chi connectivity index (χ3v) is 5.08. The normalized spacial score (nSPS) is 15.1. The van der Waals surface area contributed by atoms with Crippen LogP contribution in [0.1, 0.15) is 21.7 Å². The van der Waals surface area contributed by atoms with Gasteiger partial charge in [0.25, 0.3) is 5.56 Å². The van der Waals surface area contributed by atoms with E-state index in [-0.39, 0.29) is 5.52 Å². The van der Waals surface area contributed by atoms with E-state index in [4.69, 9.17) is 0 Å². The first-order valence-electron chi connectivity index (χ1n) is 9.11. The standard InChI is InChI=1S/C20H20FN5O2/c1-13-17(5-3-15(12-27)23-13)26-8-6-25(7-9-26)11-14-2-4-16-20(19(14)21)24-18(28)10-22-16/h2-5,10,12H,6-9,11H2,1H3,(H,24,28). The molecule has 7 nitrogen and oxygen atoms in total. The molecule has 1 fully saturated rings. The number of hydrogen-bond donors (Lipinski definition) is 1. The molecule has 0 atom stereocenters. The molecule has 1 saturated heterocycles. The first-order valence-corrected chi connectivity index (χ1v) is 9.11. The first-order chi connectivity index (χ1) is 13.5. The van der Waals surface area contributed by atoms with Gasteiger partial charge in [0, 0.05) is 38.3 Å². The Hall–Kier alpha value is -3.13. The summed E-state index contributed by atoms with van der Waals surface area (Å²) < 4.78 is 14.8. The van der Waals surface area contributed by atoms with E-state index >= 15 is 0 Å². The van der Waals surface area contributed by atoms with E-state index in [1.54, 1.807) is 18.2 Å². The summed E-state index contributed by atoms with van der Waals surface area (Å²) in [5, 5.41) is 0. The Balaban J connectivity index is 1.46. The molecule has 3 heterocycles. The number of aromatic amines is 1. The van der Waals surface area contributed by atoms with Gasteiger partial charge in [0.15, 0.2) is 12.1 Å². The third-order valence-electron chi connectivity index (χ3n) is 5.08. The first kappa shape index (κ1) is 18.2. The van der Waals surface area contributed by atoms with E-state index < -0.39 is 11.4 Å². The Morgan fingerprint density at radius 2 is 1.96 bits per heavy atom. The number of aryl methyl sites for hydroxylation is 1. The maximum absolute atomic E-state index is 14.8. The summed E-state index contributed by atoms with van der Waals surface area (Å²) in [6.45, 7) is 5.49. The molecule has 3 aromatic rings. The summed E-state index contributed by atoms with van der Waals surface area (Å²) in [5.41, 5.74) is 2.99. The van der Waals surface area contributed by atoms with Crippen molar-refractivity contribution in [3.8, 4) is 0 Å². The molecule has 8 heteroatoms. The van der Waals surface area contributed by atoms with Gasteiger partial charge in [0.1, 0.15) is 11.2 Å². The van der Waals surface area contributed by atoms with Crippen molar-refractivity contribution in [1.29, 1.82) is 0 Å². The number of carbonyl (C=O) groups excluding carboxylic acids is 1. The van der Waals surface area contributed by atoms with E-state index in [1.807, 2.05) is 13.0 Å². The number of hydrogen-bond acceptors (Lipinski definition) is 6. The van der Waals surface area contributed by atoms with Crippen molar-refractivity contribution in [2.45, 2.75) is 13.5 Å². The zero-order chi connectivity index (χ0) is 19.7. The second kappa shape index (κ2) is 7.47. The van der Waals surface area contributed by atoms with Gasteiger partial charge >= 0.3 is 0 Å². The fourth-order valence-corrected chi connectivity index (χ4v) is 3.60. The van der Waals surface area contributed by atoms with E-state index in [0.717, 1.165) is 50.0 Å². The van der Waals surface area contributed by atoms with Crippen molar-refractivity contribution in [2.24, 2.45) is 0 Å². The van der Waals surface area contributed by atoms with Gasteiger partial charge in [-0.2, -0.15) is 0 Å². The molecule has 1 N–H and O–H groups in total. The average molecular weight is 381 g/mol. The van der Waals surface area contributed by atoms with Crippen molar-refractivity contribution >= 4 is 23.0 Å². The minimum Gasteiger partial charge on any atom is -0.368 e. The molecule has 0 unspecified atom stereocenters. The lowest BCUT2D eigenvalue weighted by molar-refractivity contribution is 0.111. The number of nitrogens with zero attached hydrogens (tertiary/aromatic N) is 4. The zero-order valence-corrected chi connectivity index (χ0v) is 15.5. The van der Waals surface area contributed by atoms with Gasteiger partial charge in [0.2, 0.25) is 0 Å². The number of benzene rings is 1. The predicted octanol–water partition coefficient (Wildman–Crippen LogP) is 1.90. The molecule has 1 aliphatic heterocycles. The average Bonchev–Trinajstić information content (AvgIpc) is 2.71. The fourth-order valence-electron chi connectivity index (χ4n) is 3.60. The molecule has 0 spiro atoms. The maximum atomic E-state index is 14.8. The summed E-state index contributed by atoms with van der Waals surface area (Å²) in [6, 6.07) is 7.10. The molecule has 1 aliphatic rings. The van der Waals surface area contributed by atoms with Crippen LogP contribution in [0.4, 0.5) is 10.1 Å². The van der Waals surface area contributed by atoms with E-state index in [0.29, 0.717) is 23.3 Å². The Morgan fingerprint density at radius 3 is 2.68 bits per heavy atom. The van der Waals surface area contributed by atoms with Gasteiger partial charge in [-0.1, -0.05) is 6.07 Å². The van der Waals surface area contributed by atoms with Crippen LogP contribution in [0.5, 0.6) is 0 Å². The summed E-state index contributed by atoms with van der Waals surface area (Å²) in [6.07, 6.45) is 1.90. The van der Waals surface area contributed by atoms with Crippen LogP contribution in [-0.2, 0) is 6.54 Å². The van der Waals surface area contributed by atoms with E-state index in [2.05, 4.69) is 24.8 Å². The smallest absolute Gasteiger partial charge is 0.266 e. The van der Waals surface area contributed by atoms with Crippen LogP contribution in [-0.4, -0.2) is 52.3 Å². The van der Waals surface area contributed by atoms with Crippen LogP contribution in [0.2, 0.25) is 0 Å². The minimum absolute atomic E-state index is 0.153. The number of nitrogens with one attached hydrogen (secondary N) is 1. The topological polar surface area (TPSA) is 82.2 Å². The molecule has 0 bridgehead atoms. The van der Waals surface area contributed by atoms with Gasteiger partial charge in [-0.25, -0.2) is 14.4 Å². The zero-order valence-electron chi connectivity index (χ0n) is 15.5. The number of H-pyrrole nitrogens is 1. The molecule has 0 radical (unpaired) electrons. The SMILES string of the molecule is Cc1nc(C=O)ccc1N1CCN(Cc2ccc3ncc(=O)[nH]c3c2F)CC1. The highest BCUT2D eigenvalue weighted by atomic mass is 19.1. The number of rotatable bonds is 4. The maximum Gasteiger partial charge on any atom is 0.266 e. The highest BCUT2D eigenvalue weighted by molar-refractivity contribution is 5.75. The molecule has 0 saturated carbocycles. The summed E-state index contributed by atoms with van der Waals surface area (Å²) >= 11 is 0. The summed E-state index contributed by atoms with van der Waals surface area (Å²) in [5.74, 6) is -0.422. The van der Waals surface area contributed by atoms with E-state index in [9.17, 15) is 14.0 Å².